The molecule has 8 nitrogen and oxygen atoms in total. The molecule has 144 valence electrons. The van der Waals surface area contributed by atoms with Crippen molar-refractivity contribution >= 4 is 5.91 Å². The number of carbonyl (C=O) groups excluding carboxylic acids is 1. The van der Waals surface area contributed by atoms with Gasteiger partial charge >= 0.3 is 0 Å². The monoisotopic (exact) mass is 381 g/mol. The van der Waals surface area contributed by atoms with Crippen LogP contribution in [0.4, 0.5) is 0 Å². The summed E-state index contributed by atoms with van der Waals surface area (Å²) in [5.74, 6) is 2.91. The molecule has 0 fully saturated rings. The summed E-state index contributed by atoms with van der Waals surface area (Å²) in [5.41, 5.74) is 1.74. The van der Waals surface area contributed by atoms with Gasteiger partial charge in [-0.25, -0.2) is 0 Å². The maximum absolute atomic E-state index is 12.1. The summed E-state index contributed by atoms with van der Waals surface area (Å²) in [6.07, 6.45) is 0.630. The van der Waals surface area contributed by atoms with E-state index in [9.17, 15) is 4.79 Å². The molecule has 1 aliphatic heterocycles. The van der Waals surface area contributed by atoms with Gasteiger partial charge in [-0.15, -0.1) is 10.2 Å². The van der Waals surface area contributed by atoms with Gasteiger partial charge in [-0.3, -0.25) is 4.79 Å². The Morgan fingerprint density at radius 1 is 1.11 bits per heavy atom. The Bertz CT molecular complexity index is 968. The molecule has 0 radical (unpaired) electrons. The van der Waals surface area contributed by atoms with Gasteiger partial charge in [0.25, 0.3) is 0 Å². The van der Waals surface area contributed by atoms with Gasteiger partial charge in [0.05, 0.1) is 7.11 Å². The summed E-state index contributed by atoms with van der Waals surface area (Å²) in [6, 6.07) is 12.9. The second-order valence-corrected chi connectivity index (χ2v) is 6.19. The summed E-state index contributed by atoms with van der Waals surface area (Å²) in [7, 11) is 1.61. The summed E-state index contributed by atoms with van der Waals surface area (Å²) in [6.45, 7) is 0.643. The molecule has 3 aromatic rings. The van der Waals surface area contributed by atoms with Gasteiger partial charge in [-0.1, -0.05) is 6.07 Å². The van der Waals surface area contributed by atoms with E-state index in [4.69, 9.17) is 18.6 Å². The molecule has 1 aromatic heterocycles. The number of fused-ring (bicyclic) bond motifs is 1. The Morgan fingerprint density at radius 2 is 1.93 bits per heavy atom. The maximum atomic E-state index is 12.1. The number of hydrogen-bond donors (Lipinski definition) is 1. The van der Waals surface area contributed by atoms with Crippen molar-refractivity contribution in [1.82, 2.24) is 15.5 Å². The smallest absolute Gasteiger partial charge is 0.247 e. The Labute approximate surface area is 161 Å². The SMILES string of the molecule is COc1ccc(-c2nnc(CCC(=O)NCc3ccc4c(c3)OCO4)o2)cc1. The van der Waals surface area contributed by atoms with Crippen LogP contribution in [0.5, 0.6) is 17.2 Å². The van der Waals surface area contributed by atoms with E-state index < -0.39 is 0 Å². The predicted octanol–water partition coefficient (Wildman–Crippen LogP) is 2.72. The minimum Gasteiger partial charge on any atom is -0.497 e. The summed E-state index contributed by atoms with van der Waals surface area (Å²) < 4.78 is 21.4. The van der Waals surface area contributed by atoms with E-state index in [1.807, 2.05) is 42.5 Å². The van der Waals surface area contributed by atoms with Gasteiger partial charge in [-0.2, -0.15) is 0 Å². The molecule has 0 saturated heterocycles. The van der Waals surface area contributed by atoms with Crippen LogP contribution in [0.15, 0.2) is 46.9 Å². The number of amides is 1. The molecule has 2 aromatic carbocycles. The van der Waals surface area contributed by atoms with Crippen LogP contribution >= 0.6 is 0 Å². The lowest BCUT2D eigenvalue weighted by atomic mass is 10.2. The molecule has 0 aliphatic carbocycles. The average Bonchev–Trinajstić information content (AvgIpc) is 3.39. The Morgan fingerprint density at radius 3 is 2.75 bits per heavy atom. The Kier molecular flexibility index (Phi) is 5.09. The lowest BCUT2D eigenvalue weighted by Gasteiger charge is -2.05. The van der Waals surface area contributed by atoms with Crippen LogP contribution in [-0.2, 0) is 17.8 Å². The third-order valence-corrected chi connectivity index (χ3v) is 4.30. The van der Waals surface area contributed by atoms with Gasteiger partial charge in [0.15, 0.2) is 11.5 Å². The summed E-state index contributed by atoms with van der Waals surface area (Å²) >= 11 is 0. The number of aromatic nitrogens is 2. The molecule has 0 spiro atoms. The lowest BCUT2D eigenvalue weighted by molar-refractivity contribution is -0.121. The van der Waals surface area contributed by atoms with E-state index in [0.29, 0.717) is 30.5 Å². The first kappa shape index (κ1) is 17.8. The first-order valence-corrected chi connectivity index (χ1v) is 8.83. The zero-order valence-corrected chi connectivity index (χ0v) is 15.3. The number of aryl methyl sites for hydroxylation is 1. The van der Waals surface area contributed by atoms with Gasteiger partial charge in [0, 0.05) is 24.9 Å². The fourth-order valence-electron chi connectivity index (χ4n) is 2.77. The topological polar surface area (TPSA) is 95.7 Å². The molecule has 1 amide bonds. The van der Waals surface area contributed by atoms with Crippen molar-refractivity contribution < 1.29 is 23.4 Å². The standard InChI is InChI=1S/C20H19N3O5/c1-25-15-5-3-14(4-6-15)20-23-22-19(28-20)9-8-18(24)21-11-13-2-7-16-17(10-13)27-12-26-16/h2-7,10H,8-9,11-12H2,1H3,(H,21,24). The van der Waals surface area contributed by atoms with Gasteiger partial charge < -0.3 is 23.9 Å². The van der Waals surface area contributed by atoms with Crippen molar-refractivity contribution in [3.63, 3.8) is 0 Å². The second kappa shape index (κ2) is 7.99. The Hall–Kier alpha value is -3.55. The third kappa shape index (κ3) is 4.06. The first-order chi connectivity index (χ1) is 13.7. The predicted molar refractivity (Wildman–Crippen MR) is 99.0 cm³/mol. The zero-order valence-electron chi connectivity index (χ0n) is 15.3. The van der Waals surface area contributed by atoms with E-state index in [0.717, 1.165) is 22.6 Å². The third-order valence-electron chi connectivity index (χ3n) is 4.30. The van der Waals surface area contributed by atoms with Crippen molar-refractivity contribution in [2.75, 3.05) is 13.9 Å². The number of rotatable bonds is 7. The highest BCUT2D eigenvalue weighted by Crippen LogP contribution is 2.32. The van der Waals surface area contributed by atoms with Crippen LogP contribution in [0.1, 0.15) is 17.9 Å². The number of hydrogen-bond acceptors (Lipinski definition) is 7. The van der Waals surface area contributed by atoms with Crippen molar-refractivity contribution in [3.8, 4) is 28.7 Å². The number of nitrogens with zero attached hydrogens (tertiary/aromatic N) is 2. The van der Waals surface area contributed by atoms with Crippen molar-refractivity contribution in [2.45, 2.75) is 19.4 Å². The molecule has 28 heavy (non-hydrogen) atoms. The van der Waals surface area contributed by atoms with E-state index in [-0.39, 0.29) is 19.1 Å². The number of carbonyl (C=O) groups is 1. The molecule has 0 bridgehead atoms. The first-order valence-electron chi connectivity index (χ1n) is 8.83. The minimum absolute atomic E-state index is 0.0955. The average molecular weight is 381 g/mol. The van der Waals surface area contributed by atoms with Crippen LogP contribution < -0.4 is 19.5 Å². The molecule has 2 heterocycles. The summed E-state index contributed by atoms with van der Waals surface area (Å²) in [4.78, 5) is 12.1. The molecule has 4 rings (SSSR count). The van der Waals surface area contributed by atoms with E-state index in [1.165, 1.54) is 0 Å². The van der Waals surface area contributed by atoms with Crippen LogP contribution in [0.2, 0.25) is 0 Å². The minimum atomic E-state index is -0.0955. The highest BCUT2D eigenvalue weighted by atomic mass is 16.7. The van der Waals surface area contributed by atoms with E-state index in [1.54, 1.807) is 7.11 Å². The molecular formula is C20H19N3O5. The van der Waals surface area contributed by atoms with Crippen molar-refractivity contribution in [1.29, 1.82) is 0 Å². The van der Waals surface area contributed by atoms with Crippen LogP contribution in [0, 0.1) is 0 Å². The zero-order chi connectivity index (χ0) is 19.3. The number of ether oxygens (including phenoxy) is 3. The van der Waals surface area contributed by atoms with Crippen LogP contribution in [0.25, 0.3) is 11.5 Å². The molecule has 0 saturated carbocycles. The van der Waals surface area contributed by atoms with Gasteiger partial charge in [0.2, 0.25) is 24.5 Å². The second-order valence-electron chi connectivity index (χ2n) is 6.19. The largest absolute Gasteiger partial charge is 0.497 e. The van der Waals surface area contributed by atoms with E-state index in [2.05, 4.69) is 15.5 Å². The van der Waals surface area contributed by atoms with Crippen molar-refractivity contribution in [3.05, 3.63) is 53.9 Å². The summed E-state index contributed by atoms with van der Waals surface area (Å²) in [5, 5.41) is 10.9. The fraction of sp³-hybridized carbons (Fsp3) is 0.250. The molecular weight excluding hydrogens is 362 g/mol. The molecule has 8 heteroatoms. The van der Waals surface area contributed by atoms with Crippen LogP contribution in [0.3, 0.4) is 0 Å². The number of nitrogens with one attached hydrogen (secondary N) is 1. The fourth-order valence-corrected chi connectivity index (χ4v) is 2.77. The van der Waals surface area contributed by atoms with E-state index >= 15 is 0 Å². The normalized spacial score (nSPS) is 12.0. The molecule has 1 aliphatic rings. The lowest BCUT2D eigenvalue weighted by Crippen LogP contribution is -2.23. The highest BCUT2D eigenvalue weighted by molar-refractivity contribution is 5.76. The quantitative estimate of drug-likeness (QED) is 0.672. The van der Waals surface area contributed by atoms with Gasteiger partial charge in [-0.05, 0) is 42.0 Å². The number of methoxy groups -OCH3 is 1. The Balaban J connectivity index is 1.27. The number of benzene rings is 2. The highest BCUT2D eigenvalue weighted by Gasteiger charge is 2.14. The van der Waals surface area contributed by atoms with Gasteiger partial charge in [0.1, 0.15) is 5.75 Å². The van der Waals surface area contributed by atoms with Crippen molar-refractivity contribution in [2.24, 2.45) is 0 Å². The molecule has 0 unspecified atom stereocenters. The molecule has 0 atom stereocenters. The molecule has 1 N–H and O–H groups in total. The maximum Gasteiger partial charge on any atom is 0.247 e. The van der Waals surface area contributed by atoms with Crippen LogP contribution in [-0.4, -0.2) is 30.0 Å².